The van der Waals surface area contributed by atoms with Crippen LogP contribution in [0.2, 0.25) is 0 Å². The van der Waals surface area contributed by atoms with E-state index in [2.05, 4.69) is 10.3 Å². The predicted molar refractivity (Wildman–Crippen MR) is 77.8 cm³/mol. The van der Waals surface area contributed by atoms with Gasteiger partial charge >= 0.3 is 0 Å². The lowest BCUT2D eigenvalue weighted by Crippen LogP contribution is -2.26. The summed E-state index contributed by atoms with van der Waals surface area (Å²) in [5.41, 5.74) is 6.72. The fourth-order valence-corrected chi connectivity index (χ4v) is 1.77. The summed E-state index contributed by atoms with van der Waals surface area (Å²) in [6.07, 6.45) is 0.575. The van der Waals surface area contributed by atoms with Gasteiger partial charge in [-0.25, -0.2) is 4.98 Å². The molecule has 108 valence electrons. The molecule has 3 N–H and O–H groups in total. The molecule has 0 aliphatic heterocycles. The van der Waals surface area contributed by atoms with E-state index in [1.54, 1.807) is 30.3 Å². The van der Waals surface area contributed by atoms with E-state index < -0.39 is 4.92 Å². The number of nitrogens with one attached hydrogen (secondary N) is 1. The van der Waals surface area contributed by atoms with Crippen LogP contribution in [0.5, 0.6) is 0 Å². The molecule has 7 heteroatoms. The molecule has 7 nitrogen and oxygen atoms in total. The predicted octanol–water partition coefficient (Wildman–Crippen LogP) is 1.54. The molecule has 1 heterocycles. The van der Waals surface area contributed by atoms with Gasteiger partial charge in [-0.1, -0.05) is 18.2 Å². The van der Waals surface area contributed by atoms with Crippen molar-refractivity contribution in [1.29, 1.82) is 0 Å². The lowest BCUT2D eigenvalue weighted by Gasteiger charge is -2.05. The summed E-state index contributed by atoms with van der Waals surface area (Å²) in [5, 5.41) is 13.3. The first-order valence-corrected chi connectivity index (χ1v) is 6.30. The highest BCUT2D eigenvalue weighted by atomic mass is 16.6. The molecule has 1 aromatic carbocycles. The van der Waals surface area contributed by atoms with E-state index in [0.29, 0.717) is 13.0 Å². The number of nitro groups is 1. The highest BCUT2D eigenvalue weighted by molar-refractivity contribution is 5.92. The van der Waals surface area contributed by atoms with Crippen LogP contribution in [0.3, 0.4) is 0 Å². The molecule has 0 spiro atoms. The van der Waals surface area contributed by atoms with Crippen LogP contribution < -0.4 is 11.1 Å². The molecule has 0 aliphatic rings. The van der Waals surface area contributed by atoms with Crippen molar-refractivity contribution in [3.8, 4) is 0 Å². The van der Waals surface area contributed by atoms with Crippen molar-refractivity contribution in [2.75, 3.05) is 12.3 Å². The van der Waals surface area contributed by atoms with Crippen LogP contribution in [0, 0.1) is 10.1 Å². The Hall–Kier alpha value is -2.96. The number of amides is 1. The zero-order valence-electron chi connectivity index (χ0n) is 11.2. The highest BCUT2D eigenvalue weighted by Crippen LogP contribution is 2.12. The quantitative estimate of drug-likeness (QED) is 0.639. The minimum Gasteiger partial charge on any atom is -0.384 e. The number of benzene rings is 1. The maximum atomic E-state index is 11.8. The van der Waals surface area contributed by atoms with Crippen molar-refractivity contribution in [3.63, 3.8) is 0 Å². The normalized spacial score (nSPS) is 10.1. The van der Waals surface area contributed by atoms with Gasteiger partial charge in [0.1, 0.15) is 11.5 Å². The van der Waals surface area contributed by atoms with E-state index in [9.17, 15) is 14.9 Å². The Kier molecular flexibility index (Phi) is 4.45. The van der Waals surface area contributed by atoms with Crippen molar-refractivity contribution in [2.45, 2.75) is 6.42 Å². The first kappa shape index (κ1) is 14.4. The summed E-state index contributed by atoms with van der Waals surface area (Å²) in [4.78, 5) is 25.8. The lowest BCUT2D eigenvalue weighted by atomic mass is 10.1. The molecule has 0 saturated heterocycles. The van der Waals surface area contributed by atoms with Gasteiger partial charge in [-0.2, -0.15) is 0 Å². The van der Waals surface area contributed by atoms with Crippen molar-refractivity contribution in [3.05, 3.63) is 63.8 Å². The smallest absolute Gasteiger partial charge is 0.269 e. The average Bonchev–Trinajstić information content (AvgIpc) is 2.47. The molecule has 0 aliphatic carbocycles. The zero-order chi connectivity index (χ0) is 15.2. The highest BCUT2D eigenvalue weighted by Gasteiger charge is 2.07. The Balaban J connectivity index is 1.86. The number of nitrogens with two attached hydrogens (primary N) is 1. The molecule has 0 saturated carbocycles. The van der Waals surface area contributed by atoms with E-state index in [1.807, 2.05) is 0 Å². The van der Waals surface area contributed by atoms with Gasteiger partial charge in [0.05, 0.1) is 4.92 Å². The van der Waals surface area contributed by atoms with Crippen LogP contribution >= 0.6 is 0 Å². The van der Waals surface area contributed by atoms with Crippen LogP contribution in [0.4, 0.5) is 11.5 Å². The van der Waals surface area contributed by atoms with Crippen molar-refractivity contribution < 1.29 is 9.72 Å². The zero-order valence-corrected chi connectivity index (χ0v) is 11.2. The van der Waals surface area contributed by atoms with Gasteiger partial charge in [0.15, 0.2) is 0 Å². The Morgan fingerprint density at radius 2 is 1.95 bits per heavy atom. The van der Waals surface area contributed by atoms with E-state index in [0.717, 1.165) is 5.56 Å². The third-order valence-corrected chi connectivity index (χ3v) is 2.85. The van der Waals surface area contributed by atoms with Crippen molar-refractivity contribution in [1.82, 2.24) is 10.3 Å². The van der Waals surface area contributed by atoms with Crippen LogP contribution in [-0.2, 0) is 6.42 Å². The number of non-ortho nitro benzene ring substituents is 1. The topological polar surface area (TPSA) is 111 Å². The monoisotopic (exact) mass is 286 g/mol. The second-order valence-corrected chi connectivity index (χ2v) is 4.38. The Bertz CT molecular complexity index is 656. The van der Waals surface area contributed by atoms with Gasteiger partial charge in [-0.05, 0) is 24.1 Å². The standard InChI is InChI=1S/C14H14N4O3/c15-13-3-1-2-12(17-13)14(19)16-9-8-10-4-6-11(7-5-10)18(20)21/h1-7H,8-9H2,(H2,15,17)(H,16,19). The fraction of sp³-hybridized carbons (Fsp3) is 0.143. The summed E-state index contributed by atoms with van der Waals surface area (Å²) in [7, 11) is 0. The SMILES string of the molecule is Nc1cccc(C(=O)NCCc2ccc([N+](=O)[O-])cc2)n1. The Labute approximate surface area is 121 Å². The van der Waals surface area contributed by atoms with Gasteiger partial charge < -0.3 is 11.1 Å². The molecular weight excluding hydrogens is 272 g/mol. The third kappa shape index (κ3) is 4.00. The number of anilines is 1. The minimum absolute atomic E-state index is 0.0479. The van der Waals surface area contributed by atoms with Gasteiger partial charge in [0, 0.05) is 18.7 Å². The summed E-state index contributed by atoms with van der Waals surface area (Å²) in [6.45, 7) is 0.410. The van der Waals surface area contributed by atoms with Gasteiger partial charge in [0.25, 0.3) is 11.6 Å². The lowest BCUT2D eigenvalue weighted by molar-refractivity contribution is -0.384. The molecule has 0 unspecified atom stereocenters. The second kappa shape index (κ2) is 6.47. The number of nitro benzene ring substituents is 1. The fourth-order valence-electron chi connectivity index (χ4n) is 1.77. The summed E-state index contributed by atoms with van der Waals surface area (Å²) < 4.78 is 0. The number of hydrogen-bond acceptors (Lipinski definition) is 5. The van der Waals surface area contributed by atoms with Crippen molar-refractivity contribution >= 4 is 17.4 Å². The molecule has 0 radical (unpaired) electrons. The third-order valence-electron chi connectivity index (χ3n) is 2.85. The first-order valence-electron chi connectivity index (χ1n) is 6.30. The summed E-state index contributed by atoms with van der Waals surface area (Å²) in [5.74, 6) is -0.0118. The molecule has 0 atom stereocenters. The largest absolute Gasteiger partial charge is 0.384 e. The van der Waals surface area contributed by atoms with Crippen LogP contribution in [0.15, 0.2) is 42.5 Å². The molecule has 2 rings (SSSR count). The van der Waals surface area contributed by atoms with Crippen molar-refractivity contribution in [2.24, 2.45) is 0 Å². The first-order chi connectivity index (χ1) is 10.1. The molecule has 2 aromatic rings. The minimum atomic E-state index is -0.447. The average molecular weight is 286 g/mol. The number of rotatable bonds is 5. The molecule has 0 fully saturated rings. The van der Waals surface area contributed by atoms with Gasteiger partial charge in [-0.3, -0.25) is 14.9 Å². The number of nitrogens with zero attached hydrogens (tertiary/aromatic N) is 2. The van der Waals surface area contributed by atoms with E-state index in [4.69, 9.17) is 5.73 Å². The summed E-state index contributed by atoms with van der Waals surface area (Å²) in [6, 6.07) is 11.1. The Morgan fingerprint density at radius 1 is 1.24 bits per heavy atom. The number of pyridine rings is 1. The number of carbonyl (C=O) groups excluding carboxylic acids is 1. The molecule has 1 aromatic heterocycles. The summed E-state index contributed by atoms with van der Waals surface area (Å²) >= 11 is 0. The van der Waals surface area contributed by atoms with E-state index in [1.165, 1.54) is 12.1 Å². The van der Waals surface area contributed by atoms with E-state index >= 15 is 0 Å². The van der Waals surface area contributed by atoms with Crippen LogP contribution in [0.25, 0.3) is 0 Å². The molecule has 1 amide bonds. The Morgan fingerprint density at radius 3 is 2.57 bits per heavy atom. The number of nitrogen functional groups attached to an aromatic ring is 1. The number of aromatic nitrogens is 1. The van der Waals surface area contributed by atoms with Gasteiger partial charge in [-0.15, -0.1) is 0 Å². The molecular formula is C14H14N4O3. The number of hydrogen-bond donors (Lipinski definition) is 2. The molecule has 0 bridgehead atoms. The maximum absolute atomic E-state index is 11.8. The van der Waals surface area contributed by atoms with E-state index in [-0.39, 0.29) is 23.1 Å². The van der Waals surface area contributed by atoms with Gasteiger partial charge in [0.2, 0.25) is 0 Å². The number of carbonyl (C=O) groups is 1. The molecule has 21 heavy (non-hydrogen) atoms. The maximum Gasteiger partial charge on any atom is 0.269 e. The second-order valence-electron chi connectivity index (χ2n) is 4.38. The van der Waals surface area contributed by atoms with Crippen LogP contribution in [0.1, 0.15) is 16.1 Å². The van der Waals surface area contributed by atoms with Crippen LogP contribution in [-0.4, -0.2) is 22.4 Å².